The Bertz CT molecular complexity index is 380. The number of nitrogens with zero attached hydrogens (tertiary/aromatic N) is 1. The van der Waals surface area contributed by atoms with Crippen molar-refractivity contribution in [1.82, 2.24) is 4.90 Å². The van der Waals surface area contributed by atoms with Crippen molar-refractivity contribution in [2.75, 3.05) is 6.54 Å². The van der Waals surface area contributed by atoms with E-state index in [1.165, 1.54) is 4.90 Å². The maximum atomic E-state index is 10.9. The van der Waals surface area contributed by atoms with Gasteiger partial charge in [-0.2, -0.15) is 0 Å². The lowest BCUT2D eigenvalue weighted by Crippen LogP contribution is -2.33. The molecule has 1 saturated heterocycles. The first-order chi connectivity index (χ1) is 8.16. The minimum atomic E-state index is -0.858. The molecule has 1 aliphatic rings. The van der Waals surface area contributed by atoms with E-state index in [2.05, 4.69) is 0 Å². The van der Waals surface area contributed by atoms with Crippen molar-refractivity contribution in [3.05, 3.63) is 35.9 Å². The van der Waals surface area contributed by atoms with E-state index >= 15 is 0 Å². The molecule has 2 atom stereocenters. The molecule has 1 fully saturated rings. The number of likely N-dealkylation sites (tertiary alicyclic amines) is 1. The molecule has 0 aromatic heterocycles. The van der Waals surface area contributed by atoms with Gasteiger partial charge in [0.1, 0.15) is 0 Å². The van der Waals surface area contributed by atoms with Gasteiger partial charge < -0.3 is 14.7 Å². The standard InChI is InChI=1S/C13H17NO3/c1-10-7-12(8-14(10)13(15)16)17-9-11-5-3-2-4-6-11/h2-6,10,12H,7-9H2,1H3,(H,15,16). The first kappa shape index (κ1) is 11.9. The molecule has 1 N–H and O–H groups in total. The third-order valence-corrected chi connectivity index (χ3v) is 3.11. The van der Waals surface area contributed by atoms with Crippen LogP contribution < -0.4 is 0 Å². The number of hydrogen-bond donors (Lipinski definition) is 1. The zero-order chi connectivity index (χ0) is 12.3. The van der Waals surface area contributed by atoms with Crippen molar-refractivity contribution in [1.29, 1.82) is 0 Å². The van der Waals surface area contributed by atoms with Gasteiger partial charge in [-0.25, -0.2) is 4.79 Å². The van der Waals surface area contributed by atoms with Crippen LogP contribution >= 0.6 is 0 Å². The van der Waals surface area contributed by atoms with Crippen molar-refractivity contribution in [3.63, 3.8) is 0 Å². The fourth-order valence-corrected chi connectivity index (χ4v) is 2.16. The monoisotopic (exact) mass is 235 g/mol. The maximum absolute atomic E-state index is 10.9. The average molecular weight is 235 g/mol. The Balaban J connectivity index is 1.84. The first-order valence-electron chi connectivity index (χ1n) is 5.82. The summed E-state index contributed by atoms with van der Waals surface area (Å²) in [6.45, 7) is 2.94. The van der Waals surface area contributed by atoms with Gasteiger partial charge >= 0.3 is 6.09 Å². The predicted molar refractivity (Wildman–Crippen MR) is 63.8 cm³/mol. The molecule has 0 bridgehead atoms. The molecule has 0 saturated carbocycles. The second kappa shape index (κ2) is 5.19. The molecule has 4 heteroatoms. The molecule has 1 aromatic carbocycles. The SMILES string of the molecule is CC1CC(OCc2ccccc2)CN1C(=O)O. The number of ether oxygens (including phenoxy) is 1. The molecule has 92 valence electrons. The van der Waals surface area contributed by atoms with E-state index in [1.807, 2.05) is 37.3 Å². The Labute approximate surface area is 101 Å². The van der Waals surface area contributed by atoms with Gasteiger partial charge in [0.15, 0.2) is 0 Å². The Morgan fingerprint density at radius 2 is 2.18 bits per heavy atom. The third-order valence-electron chi connectivity index (χ3n) is 3.11. The Kier molecular flexibility index (Phi) is 3.64. The number of amides is 1. The fraction of sp³-hybridized carbons (Fsp3) is 0.462. The number of carboxylic acid groups (broad SMARTS) is 1. The van der Waals surface area contributed by atoms with Gasteiger partial charge in [0.05, 0.1) is 19.3 Å². The van der Waals surface area contributed by atoms with E-state index in [0.717, 1.165) is 12.0 Å². The highest BCUT2D eigenvalue weighted by atomic mass is 16.5. The van der Waals surface area contributed by atoms with Crippen LogP contribution in [0.5, 0.6) is 0 Å². The van der Waals surface area contributed by atoms with E-state index in [0.29, 0.717) is 13.2 Å². The first-order valence-corrected chi connectivity index (χ1v) is 5.82. The van der Waals surface area contributed by atoms with Crippen LogP contribution in [-0.2, 0) is 11.3 Å². The van der Waals surface area contributed by atoms with E-state index < -0.39 is 6.09 Å². The van der Waals surface area contributed by atoms with Crippen molar-refractivity contribution >= 4 is 6.09 Å². The number of benzene rings is 1. The zero-order valence-corrected chi connectivity index (χ0v) is 9.87. The van der Waals surface area contributed by atoms with Crippen molar-refractivity contribution in [3.8, 4) is 0 Å². The van der Waals surface area contributed by atoms with Crippen LogP contribution in [0.1, 0.15) is 18.9 Å². The third kappa shape index (κ3) is 2.97. The molecule has 1 heterocycles. The highest BCUT2D eigenvalue weighted by Gasteiger charge is 2.32. The molecular formula is C13H17NO3. The molecule has 0 radical (unpaired) electrons. The molecule has 1 amide bonds. The molecular weight excluding hydrogens is 218 g/mol. The smallest absolute Gasteiger partial charge is 0.407 e. The van der Waals surface area contributed by atoms with Gasteiger partial charge in [0.2, 0.25) is 0 Å². The summed E-state index contributed by atoms with van der Waals surface area (Å²) in [5.41, 5.74) is 1.12. The maximum Gasteiger partial charge on any atom is 0.407 e. The van der Waals surface area contributed by atoms with Gasteiger partial charge in [-0.3, -0.25) is 0 Å². The highest BCUT2D eigenvalue weighted by Crippen LogP contribution is 2.20. The van der Waals surface area contributed by atoms with Gasteiger partial charge in [-0.15, -0.1) is 0 Å². The molecule has 17 heavy (non-hydrogen) atoms. The summed E-state index contributed by atoms with van der Waals surface area (Å²) in [5, 5.41) is 8.96. The molecule has 4 nitrogen and oxygen atoms in total. The van der Waals surface area contributed by atoms with Crippen molar-refractivity contribution in [2.45, 2.75) is 32.1 Å². The van der Waals surface area contributed by atoms with Crippen molar-refractivity contribution < 1.29 is 14.6 Å². The Hall–Kier alpha value is -1.55. The Morgan fingerprint density at radius 3 is 2.76 bits per heavy atom. The normalized spacial score (nSPS) is 23.9. The van der Waals surface area contributed by atoms with Crippen LogP contribution in [0.25, 0.3) is 0 Å². The molecule has 1 aliphatic heterocycles. The summed E-state index contributed by atoms with van der Waals surface area (Å²) in [6.07, 6.45) is -0.0660. The van der Waals surface area contributed by atoms with Crippen LogP contribution in [-0.4, -0.2) is 34.8 Å². The van der Waals surface area contributed by atoms with Gasteiger partial charge in [-0.1, -0.05) is 30.3 Å². The molecule has 0 aliphatic carbocycles. The summed E-state index contributed by atoms with van der Waals surface area (Å²) in [5.74, 6) is 0. The van der Waals surface area contributed by atoms with Crippen molar-refractivity contribution in [2.24, 2.45) is 0 Å². The van der Waals surface area contributed by atoms with Gasteiger partial charge in [0, 0.05) is 6.04 Å². The minimum absolute atomic E-state index is 0.0151. The second-order valence-electron chi connectivity index (χ2n) is 4.44. The number of hydrogen-bond acceptors (Lipinski definition) is 2. The van der Waals surface area contributed by atoms with Crippen LogP contribution in [0, 0.1) is 0 Å². The van der Waals surface area contributed by atoms with Gasteiger partial charge in [0.25, 0.3) is 0 Å². The Morgan fingerprint density at radius 1 is 1.47 bits per heavy atom. The number of rotatable bonds is 3. The summed E-state index contributed by atoms with van der Waals surface area (Å²) in [6, 6.07) is 9.97. The molecule has 1 aromatic rings. The number of carbonyl (C=O) groups is 1. The molecule has 2 unspecified atom stereocenters. The van der Waals surface area contributed by atoms with Crippen LogP contribution in [0.15, 0.2) is 30.3 Å². The fourth-order valence-electron chi connectivity index (χ4n) is 2.16. The quantitative estimate of drug-likeness (QED) is 0.874. The molecule has 0 spiro atoms. The summed E-state index contributed by atoms with van der Waals surface area (Å²) < 4.78 is 5.73. The van der Waals surface area contributed by atoms with E-state index in [-0.39, 0.29) is 12.1 Å². The topological polar surface area (TPSA) is 49.8 Å². The zero-order valence-electron chi connectivity index (χ0n) is 9.87. The van der Waals surface area contributed by atoms with Crippen LogP contribution in [0.4, 0.5) is 4.79 Å². The largest absolute Gasteiger partial charge is 0.465 e. The van der Waals surface area contributed by atoms with E-state index in [1.54, 1.807) is 0 Å². The lowest BCUT2D eigenvalue weighted by Gasteiger charge is -2.16. The van der Waals surface area contributed by atoms with E-state index in [9.17, 15) is 4.79 Å². The van der Waals surface area contributed by atoms with Crippen LogP contribution in [0.3, 0.4) is 0 Å². The molecule has 2 rings (SSSR count). The lowest BCUT2D eigenvalue weighted by molar-refractivity contribution is 0.0465. The van der Waals surface area contributed by atoms with E-state index in [4.69, 9.17) is 9.84 Å². The van der Waals surface area contributed by atoms with Gasteiger partial charge in [-0.05, 0) is 18.9 Å². The predicted octanol–water partition coefficient (Wildman–Crippen LogP) is 2.34. The average Bonchev–Trinajstić information content (AvgIpc) is 2.69. The lowest BCUT2D eigenvalue weighted by atomic mass is 10.2. The summed E-state index contributed by atoms with van der Waals surface area (Å²) >= 11 is 0. The second-order valence-corrected chi connectivity index (χ2v) is 4.44. The summed E-state index contributed by atoms with van der Waals surface area (Å²) in [7, 11) is 0. The minimum Gasteiger partial charge on any atom is -0.465 e. The highest BCUT2D eigenvalue weighted by molar-refractivity contribution is 5.65. The summed E-state index contributed by atoms with van der Waals surface area (Å²) in [4.78, 5) is 12.3. The van der Waals surface area contributed by atoms with Crippen LogP contribution in [0.2, 0.25) is 0 Å².